The minimum atomic E-state index is -0.0575. The van der Waals surface area contributed by atoms with E-state index in [1.165, 1.54) is 0 Å². The fraction of sp³-hybridized carbons (Fsp3) is 0.500. The third kappa shape index (κ3) is 2.51. The molecular formula is C14H19N3O3. The number of nitrogens with two attached hydrogens (primary N) is 2. The molecule has 1 aliphatic heterocycles. The zero-order valence-electron chi connectivity index (χ0n) is 11.2. The minimum Gasteiger partial charge on any atom is -0.454 e. The molecule has 0 spiro atoms. The van der Waals surface area contributed by atoms with Gasteiger partial charge in [0.25, 0.3) is 0 Å². The monoisotopic (exact) mass is 277 g/mol. The first-order valence-corrected chi connectivity index (χ1v) is 6.88. The summed E-state index contributed by atoms with van der Waals surface area (Å²) in [6.45, 7) is 0.184. The largest absolute Gasteiger partial charge is 0.454 e. The summed E-state index contributed by atoms with van der Waals surface area (Å²) in [5, 5.41) is 2.83. The summed E-state index contributed by atoms with van der Waals surface area (Å²) in [7, 11) is 0. The zero-order chi connectivity index (χ0) is 14.1. The molecule has 1 saturated carbocycles. The Hall–Kier alpha value is -1.95. The summed E-state index contributed by atoms with van der Waals surface area (Å²) in [5.41, 5.74) is 12.9. The lowest BCUT2D eigenvalue weighted by Gasteiger charge is -2.15. The number of amides is 1. The van der Waals surface area contributed by atoms with Crippen LogP contribution in [0.15, 0.2) is 12.1 Å². The van der Waals surface area contributed by atoms with Crippen molar-refractivity contribution < 1.29 is 14.3 Å². The third-order valence-corrected chi connectivity index (χ3v) is 3.98. The molecule has 5 N–H and O–H groups in total. The lowest BCUT2D eigenvalue weighted by Crippen LogP contribution is -2.28. The molecule has 6 nitrogen and oxygen atoms in total. The lowest BCUT2D eigenvalue weighted by atomic mass is 10.00. The number of anilines is 2. The smallest absolute Gasteiger partial charge is 0.231 e. The van der Waals surface area contributed by atoms with Crippen LogP contribution in [0.4, 0.5) is 11.4 Å². The van der Waals surface area contributed by atoms with Crippen LogP contribution in [0.5, 0.6) is 11.5 Å². The summed E-state index contributed by atoms with van der Waals surface area (Å²) in [4.78, 5) is 12.1. The van der Waals surface area contributed by atoms with Crippen LogP contribution in [0, 0.1) is 5.92 Å². The number of nitrogen functional groups attached to an aromatic ring is 1. The second-order valence-corrected chi connectivity index (χ2v) is 5.40. The molecule has 2 aliphatic rings. The van der Waals surface area contributed by atoms with Crippen molar-refractivity contribution in [2.45, 2.75) is 31.7 Å². The first kappa shape index (κ1) is 13.1. The minimum absolute atomic E-state index is 0.0575. The van der Waals surface area contributed by atoms with E-state index in [2.05, 4.69) is 5.32 Å². The Labute approximate surface area is 117 Å². The maximum Gasteiger partial charge on any atom is 0.231 e. The first-order chi connectivity index (χ1) is 9.63. The number of ether oxygens (including phenoxy) is 2. The number of rotatable bonds is 3. The molecule has 1 fully saturated rings. The van der Waals surface area contributed by atoms with Crippen LogP contribution >= 0.6 is 0 Å². The van der Waals surface area contributed by atoms with Crippen molar-refractivity contribution >= 4 is 17.3 Å². The van der Waals surface area contributed by atoms with Gasteiger partial charge >= 0.3 is 0 Å². The average molecular weight is 277 g/mol. The Kier molecular flexibility index (Phi) is 3.40. The molecule has 1 aromatic rings. The summed E-state index contributed by atoms with van der Waals surface area (Å²) in [5.74, 6) is 1.42. The molecule has 20 heavy (non-hydrogen) atoms. The van der Waals surface area contributed by atoms with Crippen LogP contribution in [0.1, 0.15) is 25.7 Å². The molecule has 1 aromatic carbocycles. The highest BCUT2D eigenvalue weighted by atomic mass is 16.7. The predicted octanol–water partition coefficient (Wildman–Crippen LogP) is 1.45. The van der Waals surface area contributed by atoms with Gasteiger partial charge in [-0.15, -0.1) is 0 Å². The van der Waals surface area contributed by atoms with Crippen LogP contribution in [0.2, 0.25) is 0 Å². The van der Waals surface area contributed by atoms with Crippen LogP contribution < -0.4 is 26.3 Å². The molecule has 3 rings (SSSR count). The molecule has 6 heteroatoms. The van der Waals surface area contributed by atoms with E-state index in [0.29, 0.717) is 29.3 Å². The third-order valence-electron chi connectivity index (χ3n) is 3.98. The van der Waals surface area contributed by atoms with Gasteiger partial charge in [-0.3, -0.25) is 4.79 Å². The molecule has 0 bridgehead atoms. The molecule has 0 aromatic heterocycles. The molecule has 0 radical (unpaired) electrons. The fourth-order valence-corrected chi connectivity index (χ4v) is 2.82. The van der Waals surface area contributed by atoms with Gasteiger partial charge in [0.1, 0.15) is 0 Å². The summed E-state index contributed by atoms with van der Waals surface area (Å²) in [6, 6.07) is 3.50. The number of carbonyl (C=O) groups excluding carboxylic acids is 1. The van der Waals surface area contributed by atoms with E-state index < -0.39 is 0 Å². The van der Waals surface area contributed by atoms with Gasteiger partial charge in [-0.25, -0.2) is 0 Å². The fourth-order valence-electron chi connectivity index (χ4n) is 2.82. The van der Waals surface area contributed by atoms with E-state index in [9.17, 15) is 4.79 Å². The zero-order valence-corrected chi connectivity index (χ0v) is 11.2. The highest BCUT2D eigenvalue weighted by Crippen LogP contribution is 2.38. The molecule has 2 atom stereocenters. The predicted molar refractivity (Wildman–Crippen MR) is 75.5 cm³/mol. The van der Waals surface area contributed by atoms with Crippen molar-refractivity contribution in [3.05, 3.63) is 12.1 Å². The molecular weight excluding hydrogens is 258 g/mol. The van der Waals surface area contributed by atoms with E-state index >= 15 is 0 Å². The molecule has 0 unspecified atom stereocenters. The SMILES string of the molecule is Nc1cc2c(cc1NC(=O)C[C@@H]1CCC[C@H]1N)OCO2. The highest BCUT2D eigenvalue weighted by Gasteiger charge is 2.26. The van der Waals surface area contributed by atoms with Crippen LogP contribution in [0.25, 0.3) is 0 Å². The number of hydrogen-bond acceptors (Lipinski definition) is 5. The van der Waals surface area contributed by atoms with Gasteiger partial charge < -0.3 is 26.3 Å². The number of fused-ring (bicyclic) bond motifs is 1. The lowest BCUT2D eigenvalue weighted by molar-refractivity contribution is -0.117. The van der Waals surface area contributed by atoms with Gasteiger partial charge in [0, 0.05) is 24.6 Å². The topological polar surface area (TPSA) is 99.6 Å². The van der Waals surface area contributed by atoms with Crippen molar-refractivity contribution in [1.82, 2.24) is 0 Å². The number of hydrogen-bond donors (Lipinski definition) is 3. The second-order valence-electron chi connectivity index (χ2n) is 5.40. The van der Waals surface area contributed by atoms with Crippen LogP contribution in [-0.2, 0) is 4.79 Å². The van der Waals surface area contributed by atoms with E-state index in [4.69, 9.17) is 20.9 Å². The van der Waals surface area contributed by atoms with Gasteiger partial charge in [-0.2, -0.15) is 0 Å². The van der Waals surface area contributed by atoms with Gasteiger partial charge in [0.05, 0.1) is 11.4 Å². The molecule has 0 saturated heterocycles. The maximum atomic E-state index is 12.1. The standard InChI is InChI=1S/C14H19N3O3/c15-9-3-1-2-8(9)4-14(18)17-11-6-13-12(5-10(11)16)19-7-20-13/h5-6,8-9H,1-4,7,15-16H2,(H,17,18)/t8-,9+/m0/s1. The Morgan fingerprint density at radius 3 is 2.75 bits per heavy atom. The second kappa shape index (κ2) is 5.20. The van der Waals surface area contributed by atoms with Crippen molar-refractivity contribution in [3.8, 4) is 11.5 Å². The van der Waals surface area contributed by atoms with E-state index in [1.807, 2.05) is 0 Å². The van der Waals surface area contributed by atoms with Gasteiger partial charge in [-0.1, -0.05) is 6.42 Å². The quantitative estimate of drug-likeness (QED) is 0.726. The van der Waals surface area contributed by atoms with Crippen molar-refractivity contribution in [2.24, 2.45) is 11.7 Å². The summed E-state index contributed by atoms with van der Waals surface area (Å²) >= 11 is 0. The Balaban J connectivity index is 1.67. The Bertz CT molecular complexity index is 533. The Morgan fingerprint density at radius 1 is 1.30 bits per heavy atom. The summed E-state index contributed by atoms with van der Waals surface area (Å²) in [6.07, 6.45) is 3.57. The van der Waals surface area contributed by atoms with Gasteiger partial charge in [-0.05, 0) is 18.8 Å². The van der Waals surface area contributed by atoms with Crippen LogP contribution in [0.3, 0.4) is 0 Å². The normalized spacial score (nSPS) is 23.9. The molecule has 1 aliphatic carbocycles. The average Bonchev–Trinajstić information content (AvgIpc) is 2.99. The maximum absolute atomic E-state index is 12.1. The van der Waals surface area contributed by atoms with Crippen molar-refractivity contribution in [2.75, 3.05) is 17.8 Å². The van der Waals surface area contributed by atoms with E-state index in [-0.39, 0.29) is 24.7 Å². The van der Waals surface area contributed by atoms with Gasteiger partial charge in [0.15, 0.2) is 11.5 Å². The van der Waals surface area contributed by atoms with Gasteiger partial charge in [0.2, 0.25) is 12.7 Å². The highest BCUT2D eigenvalue weighted by molar-refractivity contribution is 5.94. The summed E-state index contributed by atoms with van der Waals surface area (Å²) < 4.78 is 10.5. The number of nitrogens with one attached hydrogen (secondary N) is 1. The first-order valence-electron chi connectivity index (χ1n) is 6.88. The van der Waals surface area contributed by atoms with Crippen LogP contribution in [-0.4, -0.2) is 18.7 Å². The van der Waals surface area contributed by atoms with Crippen molar-refractivity contribution in [1.29, 1.82) is 0 Å². The molecule has 108 valence electrons. The number of carbonyl (C=O) groups is 1. The van der Waals surface area contributed by atoms with E-state index in [0.717, 1.165) is 19.3 Å². The molecule has 1 amide bonds. The number of benzene rings is 1. The van der Waals surface area contributed by atoms with E-state index in [1.54, 1.807) is 12.1 Å². The van der Waals surface area contributed by atoms with Crippen molar-refractivity contribution in [3.63, 3.8) is 0 Å². The molecule has 1 heterocycles. The Morgan fingerprint density at radius 2 is 2.05 bits per heavy atom.